The first-order valence-corrected chi connectivity index (χ1v) is 10.4. The van der Waals surface area contributed by atoms with Crippen LogP contribution in [0.1, 0.15) is 40.2 Å². The van der Waals surface area contributed by atoms with Crippen molar-refractivity contribution in [1.29, 1.82) is 0 Å². The van der Waals surface area contributed by atoms with Crippen LogP contribution in [0.15, 0.2) is 11.4 Å². The van der Waals surface area contributed by atoms with E-state index < -0.39 is 0 Å². The van der Waals surface area contributed by atoms with E-state index in [-0.39, 0.29) is 5.91 Å². The molecule has 3 heterocycles. The summed E-state index contributed by atoms with van der Waals surface area (Å²) in [6.07, 6.45) is 2.43. The normalized spacial score (nSPS) is 16.1. The second-order valence-electron chi connectivity index (χ2n) is 7.31. The largest absolute Gasteiger partial charge is 0.341 e. The second kappa shape index (κ2) is 8.35. The van der Waals surface area contributed by atoms with E-state index in [1.165, 1.54) is 21.7 Å². The summed E-state index contributed by atoms with van der Waals surface area (Å²) in [6.45, 7) is 11.1. The van der Waals surface area contributed by atoms with Gasteiger partial charge in [0.25, 0.3) is 0 Å². The zero-order valence-corrected chi connectivity index (χ0v) is 17.2. The maximum absolute atomic E-state index is 12.7. The van der Waals surface area contributed by atoms with Gasteiger partial charge in [0, 0.05) is 56.8 Å². The van der Waals surface area contributed by atoms with Gasteiger partial charge < -0.3 is 4.90 Å². The van der Waals surface area contributed by atoms with Crippen molar-refractivity contribution in [1.82, 2.24) is 19.6 Å². The fourth-order valence-corrected chi connectivity index (χ4v) is 4.66. The molecule has 5 nitrogen and oxygen atoms in total. The topological polar surface area (TPSA) is 41.4 Å². The quantitative estimate of drug-likeness (QED) is 0.808. The van der Waals surface area contributed by atoms with Crippen LogP contribution < -0.4 is 0 Å². The molecule has 1 aliphatic rings. The smallest absolute Gasteiger partial charge is 0.222 e. The molecular formula is C20H30N4OS. The Balaban J connectivity index is 1.52. The molecule has 0 saturated carbocycles. The number of rotatable bonds is 5. The average molecular weight is 375 g/mol. The lowest BCUT2D eigenvalue weighted by Gasteiger charge is -2.22. The van der Waals surface area contributed by atoms with Crippen LogP contribution in [0.4, 0.5) is 0 Å². The number of carbonyl (C=O) groups excluding carboxylic acids is 1. The van der Waals surface area contributed by atoms with Gasteiger partial charge in [-0.3, -0.25) is 14.4 Å². The molecule has 3 rings (SSSR count). The van der Waals surface area contributed by atoms with Crippen LogP contribution in [-0.4, -0.2) is 51.7 Å². The van der Waals surface area contributed by atoms with Crippen LogP contribution in [0.25, 0.3) is 0 Å². The molecule has 0 N–H and O–H groups in total. The molecule has 0 aliphatic carbocycles. The molecule has 1 amide bonds. The molecule has 142 valence electrons. The highest BCUT2D eigenvalue weighted by molar-refractivity contribution is 7.10. The van der Waals surface area contributed by atoms with Crippen molar-refractivity contribution in [3.8, 4) is 0 Å². The molecule has 26 heavy (non-hydrogen) atoms. The van der Waals surface area contributed by atoms with E-state index in [0.717, 1.165) is 51.3 Å². The average Bonchev–Trinajstić information content (AvgIpc) is 3.00. The van der Waals surface area contributed by atoms with Crippen LogP contribution >= 0.6 is 11.3 Å². The number of hydrogen-bond donors (Lipinski definition) is 0. The zero-order chi connectivity index (χ0) is 18.7. The van der Waals surface area contributed by atoms with E-state index in [4.69, 9.17) is 0 Å². The number of amides is 1. The van der Waals surface area contributed by atoms with Gasteiger partial charge in [0.05, 0.1) is 5.69 Å². The number of aryl methyl sites for hydroxylation is 3. The van der Waals surface area contributed by atoms with Gasteiger partial charge in [0.1, 0.15) is 0 Å². The van der Waals surface area contributed by atoms with Crippen molar-refractivity contribution >= 4 is 17.2 Å². The predicted octanol–water partition coefficient (Wildman–Crippen LogP) is 3.07. The van der Waals surface area contributed by atoms with Crippen LogP contribution in [0, 0.1) is 20.8 Å². The number of aromatic nitrogens is 2. The summed E-state index contributed by atoms with van der Waals surface area (Å²) in [5.74, 6) is 0.279. The van der Waals surface area contributed by atoms with Gasteiger partial charge >= 0.3 is 0 Å². The SMILES string of the molecule is Cc1ccsc1CN1CCCN(C(=O)CCc2c(C)nn(C)c2C)CC1. The Morgan fingerprint density at radius 2 is 2.00 bits per heavy atom. The summed E-state index contributed by atoms with van der Waals surface area (Å²) in [5, 5.41) is 6.62. The highest BCUT2D eigenvalue weighted by Gasteiger charge is 2.20. The van der Waals surface area contributed by atoms with Gasteiger partial charge in [-0.1, -0.05) is 0 Å². The molecule has 0 spiro atoms. The van der Waals surface area contributed by atoms with Crippen molar-refractivity contribution in [2.75, 3.05) is 26.2 Å². The molecule has 0 radical (unpaired) electrons. The minimum absolute atomic E-state index is 0.279. The number of thiophene rings is 1. The summed E-state index contributed by atoms with van der Waals surface area (Å²) < 4.78 is 1.91. The van der Waals surface area contributed by atoms with E-state index in [9.17, 15) is 4.79 Å². The standard InChI is InChI=1S/C20H30N4OS/c1-15-8-13-26-19(15)14-23-9-5-10-24(12-11-23)20(25)7-6-18-16(2)21-22(4)17(18)3/h8,13H,5-7,9-12,14H2,1-4H3. The van der Waals surface area contributed by atoms with Gasteiger partial charge in [-0.2, -0.15) is 5.10 Å². The second-order valence-corrected chi connectivity index (χ2v) is 8.31. The molecule has 2 aromatic rings. The lowest BCUT2D eigenvalue weighted by molar-refractivity contribution is -0.131. The minimum Gasteiger partial charge on any atom is -0.341 e. The minimum atomic E-state index is 0.279. The van der Waals surface area contributed by atoms with Crippen LogP contribution in [0.2, 0.25) is 0 Å². The molecule has 1 saturated heterocycles. The van der Waals surface area contributed by atoms with Gasteiger partial charge in [-0.15, -0.1) is 11.3 Å². The monoisotopic (exact) mass is 374 g/mol. The number of carbonyl (C=O) groups is 1. The van der Waals surface area contributed by atoms with Crippen LogP contribution in [-0.2, 0) is 24.8 Å². The third-order valence-corrected chi connectivity index (χ3v) is 6.53. The third-order valence-electron chi connectivity index (χ3n) is 5.52. The summed E-state index contributed by atoms with van der Waals surface area (Å²) >= 11 is 1.84. The highest BCUT2D eigenvalue weighted by atomic mass is 32.1. The van der Waals surface area contributed by atoms with Gasteiger partial charge in [-0.25, -0.2) is 0 Å². The summed E-state index contributed by atoms with van der Waals surface area (Å²) in [6, 6.07) is 2.19. The maximum atomic E-state index is 12.7. The van der Waals surface area contributed by atoms with Gasteiger partial charge in [-0.05, 0) is 56.2 Å². The van der Waals surface area contributed by atoms with Crippen LogP contribution in [0.3, 0.4) is 0 Å². The van der Waals surface area contributed by atoms with E-state index in [1.54, 1.807) is 0 Å². The van der Waals surface area contributed by atoms with Crippen molar-refractivity contribution in [3.05, 3.63) is 38.8 Å². The van der Waals surface area contributed by atoms with E-state index in [0.29, 0.717) is 6.42 Å². The molecule has 6 heteroatoms. The fourth-order valence-electron chi connectivity index (χ4n) is 3.72. The molecule has 2 aromatic heterocycles. The Morgan fingerprint density at radius 1 is 1.19 bits per heavy atom. The van der Waals surface area contributed by atoms with Crippen molar-refractivity contribution in [2.45, 2.75) is 46.6 Å². The van der Waals surface area contributed by atoms with Crippen molar-refractivity contribution < 1.29 is 4.79 Å². The first-order chi connectivity index (χ1) is 12.5. The number of nitrogens with zero attached hydrogens (tertiary/aromatic N) is 4. The van der Waals surface area contributed by atoms with Crippen molar-refractivity contribution in [2.24, 2.45) is 7.05 Å². The molecule has 0 bridgehead atoms. The Bertz CT molecular complexity index is 764. The third kappa shape index (κ3) is 4.35. The molecule has 0 aromatic carbocycles. The van der Waals surface area contributed by atoms with Crippen LogP contribution in [0.5, 0.6) is 0 Å². The summed E-state index contributed by atoms with van der Waals surface area (Å²) in [5.41, 5.74) is 4.83. The molecule has 0 atom stereocenters. The highest BCUT2D eigenvalue weighted by Crippen LogP contribution is 2.19. The Labute approximate surface area is 160 Å². The lowest BCUT2D eigenvalue weighted by atomic mass is 10.1. The predicted molar refractivity (Wildman–Crippen MR) is 107 cm³/mol. The first-order valence-electron chi connectivity index (χ1n) is 9.48. The fraction of sp³-hybridized carbons (Fsp3) is 0.600. The zero-order valence-electron chi connectivity index (χ0n) is 16.4. The van der Waals surface area contributed by atoms with E-state index in [1.807, 2.05) is 30.0 Å². The Morgan fingerprint density at radius 3 is 2.65 bits per heavy atom. The molecular weight excluding hydrogens is 344 g/mol. The maximum Gasteiger partial charge on any atom is 0.222 e. The summed E-state index contributed by atoms with van der Waals surface area (Å²) in [7, 11) is 1.96. The Hall–Kier alpha value is -1.66. The Kier molecular flexibility index (Phi) is 6.14. The van der Waals surface area contributed by atoms with Gasteiger partial charge in [0.2, 0.25) is 5.91 Å². The van der Waals surface area contributed by atoms with E-state index in [2.05, 4.69) is 40.2 Å². The lowest BCUT2D eigenvalue weighted by Crippen LogP contribution is -2.35. The number of hydrogen-bond acceptors (Lipinski definition) is 4. The summed E-state index contributed by atoms with van der Waals surface area (Å²) in [4.78, 5) is 18.7. The molecule has 1 fully saturated rings. The first kappa shape index (κ1) is 19.1. The van der Waals surface area contributed by atoms with Crippen molar-refractivity contribution in [3.63, 3.8) is 0 Å². The molecule has 0 unspecified atom stereocenters. The molecule has 1 aliphatic heterocycles. The van der Waals surface area contributed by atoms with Gasteiger partial charge in [0.15, 0.2) is 0 Å². The van der Waals surface area contributed by atoms with E-state index >= 15 is 0 Å².